The number of aryl methyl sites for hydroxylation is 1. The molecule has 0 unspecified atom stereocenters. The molecule has 1 aromatic heterocycles. The summed E-state index contributed by atoms with van der Waals surface area (Å²) in [5, 5.41) is 5.37. The zero-order valence-electron chi connectivity index (χ0n) is 18.7. The second-order valence-electron chi connectivity index (χ2n) is 8.38. The van der Waals surface area contributed by atoms with Gasteiger partial charge in [-0.1, -0.05) is 29.8 Å². The molecule has 2 aliphatic rings. The second kappa shape index (κ2) is 9.36. The molecule has 3 heterocycles. The Morgan fingerprint density at radius 3 is 2.50 bits per heavy atom. The van der Waals surface area contributed by atoms with Gasteiger partial charge in [-0.05, 0) is 31.9 Å². The number of aromatic nitrogens is 1. The number of sulfonamides is 1. The highest BCUT2D eigenvalue weighted by atomic mass is 32.2. The lowest BCUT2D eigenvalue weighted by Gasteiger charge is -2.30. The zero-order valence-corrected chi connectivity index (χ0v) is 20.3. The number of anilines is 1. The first-order chi connectivity index (χ1) is 16.4. The molecule has 0 radical (unpaired) electrons. The minimum Gasteiger partial charge on any atom is -0.486 e. The van der Waals surface area contributed by atoms with Crippen LogP contribution in [-0.4, -0.2) is 49.9 Å². The minimum absolute atomic E-state index is 0.124. The quantitative estimate of drug-likeness (QED) is 0.571. The molecule has 8 nitrogen and oxygen atoms in total. The summed E-state index contributed by atoms with van der Waals surface area (Å²) in [7, 11) is -3.68. The van der Waals surface area contributed by atoms with Gasteiger partial charge in [0.05, 0.1) is 10.6 Å². The fourth-order valence-electron chi connectivity index (χ4n) is 4.09. The number of thiazole rings is 1. The summed E-state index contributed by atoms with van der Waals surface area (Å²) >= 11 is 1.38. The van der Waals surface area contributed by atoms with E-state index < -0.39 is 10.0 Å². The van der Waals surface area contributed by atoms with E-state index in [0.717, 1.165) is 11.3 Å². The van der Waals surface area contributed by atoms with Crippen LogP contribution in [-0.2, 0) is 14.8 Å². The van der Waals surface area contributed by atoms with E-state index in [1.165, 1.54) is 33.3 Å². The molecule has 0 aliphatic carbocycles. The van der Waals surface area contributed by atoms with Gasteiger partial charge < -0.3 is 14.8 Å². The highest BCUT2D eigenvalue weighted by Crippen LogP contribution is 2.34. The fraction of sp³-hybridized carbons (Fsp3) is 0.333. The van der Waals surface area contributed by atoms with Gasteiger partial charge >= 0.3 is 0 Å². The molecule has 1 N–H and O–H groups in total. The normalized spacial score (nSPS) is 16.9. The van der Waals surface area contributed by atoms with Gasteiger partial charge in [-0.2, -0.15) is 4.31 Å². The van der Waals surface area contributed by atoms with E-state index in [1.807, 2.05) is 36.6 Å². The second-order valence-corrected chi connectivity index (χ2v) is 11.2. The predicted molar refractivity (Wildman–Crippen MR) is 130 cm³/mol. The van der Waals surface area contributed by atoms with Gasteiger partial charge in [-0.25, -0.2) is 13.4 Å². The van der Waals surface area contributed by atoms with Crippen LogP contribution < -0.4 is 14.8 Å². The summed E-state index contributed by atoms with van der Waals surface area (Å²) in [5.41, 5.74) is 3.00. The van der Waals surface area contributed by atoms with Crippen LogP contribution >= 0.6 is 11.3 Å². The number of fused-ring (bicyclic) bond motifs is 1. The first kappa shape index (κ1) is 22.8. The standard InChI is InChI=1S/C24H25N3O5S2/c1-16-2-4-17(5-3-16)20-15-33-24(25-20)26-23(28)18-8-10-27(11-9-18)34(29,30)19-6-7-21-22(14-19)32-13-12-31-21/h2-7,14-15,18H,8-13H2,1H3,(H,25,26,28). The Morgan fingerprint density at radius 2 is 1.76 bits per heavy atom. The first-order valence-corrected chi connectivity index (χ1v) is 13.5. The van der Waals surface area contributed by atoms with Crippen LogP contribution in [0.5, 0.6) is 11.5 Å². The van der Waals surface area contributed by atoms with E-state index in [4.69, 9.17) is 9.47 Å². The van der Waals surface area contributed by atoms with Crippen molar-refractivity contribution in [1.82, 2.24) is 9.29 Å². The van der Waals surface area contributed by atoms with Crippen LogP contribution in [0, 0.1) is 12.8 Å². The van der Waals surface area contributed by atoms with E-state index in [2.05, 4.69) is 10.3 Å². The Balaban J connectivity index is 1.20. The summed E-state index contributed by atoms with van der Waals surface area (Å²) in [6.07, 6.45) is 0.900. The number of carbonyl (C=O) groups is 1. The number of nitrogens with one attached hydrogen (secondary N) is 1. The van der Waals surface area contributed by atoms with E-state index >= 15 is 0 Å². The minimum atomic E-state index is -3.68. The Morgan fingerprint density at radius 1 is 1.06 bits per heavy atom. The van der Waals surface area contributed by atoms with Crippen LogP contribution in [0.2, 0.25) is 0 Å². The van der Waals surface area contributed by atoms with E-state index in [0.29, 0.717) is 42.7 Å². The molecule has 0 bridgehead atoms. The maximum atomic E-state index is 13.1. The Kier molecular flexibility index (Phi) is 6.28. The largest absolute Gasteiger partial charge is 0.486 e. The van der Waals surface area contributed by atoms with Crippen molar-refractivity contribution in [2.24, 2.45) is 5.92 Å². The average molecular weight is 500 g/mol. The third-order valence-corrected chi connectivity index (χ3v) is 8.71. The Hall–Kier alpha value is -2.95. The molecule has 1 fully saturated rings. The molecular formula is C24H25N3O5S2. The van der Waals surface area contributed by atoms with Crippen molar-refractivity contribution in [2.45, 2.75) is 24.7 Å². The van der Waals surface area contributed by atoms with Gasteiger partial charge in [0.25, 0.3) is 0 Å². The van der Waals surface area contributed by atoms with Crippen LogP contribution in [0.25, 0.3) is 11.3 Å². The van der Waals surface area contributed by atoms with E-state index in [9.17, 15) is 13.2 Å². The Labute approximate surface area is 202 Å². The number of amides is 1. The summed E-state index contributed by atoms with van der Waals surface area (Å²) in [4.78, 5) is 17.5. The predicted octanol–water partition coefficient (Wildman–Crippen LogP) is 3.93. The molecule has 0 saturated carbocycles. The molecule has 34 heavy (non-hydrogen) atoms. The van der Waals surface area contributed by atoms with Gasteiger partial charge in [0.1, 0.15) is 13.2 Å². The van der Waals surface area contributed by atoms with Gasteiger partial charge in [0, 0.05) is 36.0 Å². The van der Waals surface area contributed by atoms with E-state index in [-0.39, 0.29) is 29.8 Å². The van der Waals surface area contributed by atoms with Gasteiger partial charge in [0.2, 0.25) is 15.9 Å². The number of nitrogens with zero attached hydrogens (tertiary/aromatic N) is 2. The maximum absolute atomic E-state index is 13.1. The van der Waals surface area contributed by atoms with Crippen molar-refractivity contribution in [2.75, 3.05) is 31.6 Å². The third-order valence-electron chi connectivity index (χ3n) is 6.06. The summed E-state index contributed by atoms with van der Waals surface area (Å²) in [5.74, 6) is 0.600. The molecule has 10 heteroatoms. The average Bonchev–Trinajstić information content (AvgIpc) is 3.32. The van der Waals surface area contributed by atoms with Crippen molar-refractivity contribution in [3.63, 3.8) is 0 Å². The van der Waals surface area contributed by atoms with Crippen LogP contribution in [0.15, 0.2) is 52.7 Å². The molecule has 2 aromatic carbocycles. The number of ether oxygens (including phenoxy) is 2. The molecule has 1 saturated heterocycles. The Bertz CT molecular complexity index is 1300. The van der Waals surface area contributed by atoms with Crippen molar-refractivity contribution in [3.8, 4) is 22.8 Å². The first-order valence-electron chi connectivity index (χ1n) is 11.1. The van der Waals surface area contributed by atoms with E-state index in [1.54, 1.807) is 6.07 Å². The van der Waals surface area contributed by atoms with Gasteiger partial charge in [0.15, 0.2) is 16.6 Å². The number of carbonyl (C=O) groups excluding carboxylic acids is 1. The van der Waals surface area contributed by atoms with Gasteiger partial charge in [-0.3, -0.25) is 4.79 Å². The molecule has 178 valence electrons. The molecule has 5 rings (SSSR count). The van der Waals surface area contributed by atoms with Crippen LogP contribution in [0.1, 0.15) is 18.4 Å². The zero-order chi connectivity index (χ0) is 23.7. The number of hydrogen-bond acceptors (Lipinski definition) is 7. The van der Waals surface area contributed by atoms with Crippen LogP contribution in [0.3, 0.4) is 0 Å². The molecule has 0 spiro atoms. The SMILES string of the molecule is Cc1ccc(-c2csc(NC(=O)C3CCN(S(=O)(=O)c4ccc5c(c4)OCCO5)CC3)n2)cc1. The smallest absolute Gasteiger partial charge is 0.243 e. The molecule has 2 aliphatic heterocycles. The van der Waals surface area contributed by atoms with Crippen LogP contribution in [0.4, 0.5) is 5.13 Å². The molecule has 1 amide bonds. The highest BCUT2D eigenvalue weighted by molar-refractivity contribution is 7.89. The number of benzene rings is 2. The summed E-state index contributed by atoms with van der Waals surface area (Å²) in [6, 6.07) is 12.7. The summed E-state index contributed by atoms with van der Waals surface area (Å²) < 4.78 is 38.7. The molecular weight excluding hydrogens is 474 g/mol. The van der Waals surface area contributed by atoms with Crippen molar-refractivity contribution in [3.05, 3.63) is 53.4 Å². The van der Waals surface area contributed by atoms with Gasteiger partial charge in [-0.15, -0.1) is 11.3 Å². The number of rotatable bonds is 5. The number of hydrogen-bond donors (Lipinski definition) is 1. The monoisotopic (exact) mass is 499 g/mol. The topological polar surface area (TPSA) is 97.8 Å². The summed E-state index contributed by atoms with van der Waals surface area (Å²) in [6.45, 7) is 3.43. The lowest BCUT2D eigenvalue weighted by Crippen LogP contribution is -2.41. The van der Waals surface area contributed by atoms with Crippen molar-refractivity contribution >= 4 is 32.4 Å². The highest BCUT2D eigenvalue weighted by Gasteiger charge is 2.33. The van der Waals surface area contributed by atoms with Crippen molar-refractivity contribution in [1.29, 1.82) is 0 Å². The molecule has 3 aromatic rings. The molecule has 0 atom stereocenters. The fourth-order valence-corrected chi connectivity index (χ4v) is 6.30. The lowest BCUT2D eigenvalue weighted by atomic mass is 9.97. The lowest BCUT2D eigenvalue weighted by molar-refractivity contribution is -0.120. The maximum Gasteiger partial charge on any atom is 0.243 e. The number of piperidine rings is 1. The third kappa shape index (κ3) is 4.66. The van der Waals surface area contributed by atoms with Crippen molar-refractivity contribution < 1.29 is 22.7 Å².